The number of nitriles is 1. The fourth-order valence-corrected chi connectivity index (χ4v) is 5.82. The Kier molecular flexibility index (Phi) is 6.07. The third-order valence-corrected chi connectivity index (χ3v) is 7.59. The molecule has 9 nitrogen and oxygen atoms in total. The van der Waals surface area contributed by atoms with Crippen molar-refractivity contribution in [3.05, 3.63) is 70.9 Å². The van der Waals surface area contributed by atoms with Crippen LogP contribution in [0.5, 0.6) is 0 Å². The van der Waals surface area contributed by atoms with Crippen LogP contribution >= 0.6 is 0 Å². The third-order valence-electron chi connectivity index (χ3n) is 5.67. The van der Waals surface area contributed by atoms with E-state index in [1.54, 1.807) is 18.2 Å². The van der Waals surface area contributed by atoms with Gasteiger partial charge in [0.25, 0.3) is 15.9 Å². The van der Waals surface area contributed by atoms with E-state index < -0.39 is 10.0 Å². The lowest BCUT2D eigenvalue weighted by molar-refractivity contribution is 0.0953. The monoisotopic (exact) mass is 464 g/mol. The van der Waals surface area contributed by atoms with E-state index in [-0.39, 0.29) is 28.2 Å². The van der Waals surface area contributed by atoms with Crippen LogP contribution < -0.4 is 15.4 Å². The lowest BCUT2D eigenvalue weighted by atomic mass is 10.1. The van der Waals surface area contributed by atoms with Gasteiger partial charge in [-0.3, -0.25) is 14.2 Å². The minimum absolute atomic E-state index is 0.0744. The van der Waals surface area contributed by atoms with E-state index in [2.05, 4.69) is 15.5 Å². The first-order chi connectivity index (χ1) is 15.8. The Morgan fingerprint density at radius 1 is 1.30 bits per heavy atom. The van der Waals surface area contributed by atoms with Gasteiger partial charge in [0.15, 0.2) is 5.82 Å². The van der Waals surface area contributed by atoms with E-state index in [1.807, 2.05) is 31.2 Å². The molecule has 0 bridgehead atoms. The number of aromatic nitrogens is 2. The van der Waals surface area contributed by atoms with Crippen LogP contribution in [0.3, 0.4) is 0 Å². The van der Waals surface area contributed by atoms with E-state index in [0.717, 1.165) is 5.56 Å². The van der Waals surface area contributed by atoms with Gasteiger partial charge in [0.1, 0.15) is 11.6 Å². The van der Waals surface area contributed by atoms with Crippen LogP contribution in [0.4, 0.5) is 11.5 Å². The highest BCUT2D eigenvalue weighted by molar-refractivity contribution is 7.92. The second-order valence-corrected chi connectivity index (χ2v) is 9.76. The van der Waals surface area contributed by atoms with Crippen LogP contribution in [0.15, 0.2) is 53.4 Å². The molecule has 1 aromatic heterocycles. The van der Waals surface area contributed by atoms with Crippen molar-refractivity contribution in [3.8, 4) is 6.07 Å². The van der Waals surface area contributed by atoms with Crippen molar-refractivity contribution < 1.29 is 13.2 Å². The Labute approximate surface area is 192 Å². The van der Waals surface area contributed by atoms with Crippen molar-refractivity contribution in [2.75, 3.05) is 16.6 Å². The maximum atomic E-state index is 13.4. The van der Waals surface area contributed by atoms with Gasteiger partial charge < -0.3 is 11.1 Å². The number of hydrogen-bond acceptors (Lipinski definition) is 6. The summed E-state index contributed by atoms with van der Waals surface area (Å²) in [5.41, 5.74) is 8.49. The zero-order valence-electron chi connectivity index (χ0n) is 18.1. The number of H-pyrrole nitrogens is 1. The number of hydrogen-bond donors (Lipinski definition) is 3. The molecule has 1 amide bonds. The number of sulfonamides is 1. The molecular weight excluding hydrogens is 440 g/mol. The highest BCUT2D eigenvalue weighted by Gasteiger charge is 2.36. The highest BCUT2D eigenvalue weighted by Crippen LogP contribution is 2.36. The molecule has 170 valence electrons. The lowest BCUT2D eigenvalue weighted by Gasteiger charge is -2.24. The number of rotatable bonds is 7. The van der Waals surface area contributed by atoms with Crippen LogP contribution in [0, 0.1) is 11.3 Å². The summed E-state index contributed by atoms with van der Waals surface area (Å²) in [7, 11) is -3.82. The van der Waals surface area contributed by atoms with Crippen molar-refractivity contribution in [1.82, 2.24) is 15.5 Å². The summed E-state index contributed by atoms with van der Waals surface area (Å²) in [6.07, 6.45) is 1.70. The molecule has 4 N–H and O–H groups in total. The molecule has 0 unspecified atom stereocenters. The minimum Gasteiger partial charge on any atom is -0.381 e. The van der Waals surface area contributed by atoms with Crippen LogP contribution in [-0.2, 0) is 22.9 Å². The summed E-state index contributed by atoms with van der Waals surface area (Å²) in [5, 5.41) is 18.4. The van der Waals surface area contributed by atoms with Gasteiger partial charge in [-0.15, -0.1) is 0 Å². The number of carbonyl (C=O) groups excluding carboxylic acids is 1. The van der Waals surface area contributed by atoms with Gasteiger partial charge in [0.05, 0.1) is 16.3 Å². The highest BCUT2D eigenvalue weighted by atomic mass is 32.2. The summed E-state index contributed by atoms with van der Waals surface area (Å²) in [6, 6.07) is 15.3. The second kappa shape index (κ2) is 8.96. The van der Waals surface area contributed by atoms with Crippen molar-refractivity contribution in [2.45, 2.75) is 37.1 Å². The van der Waals surface area contributed by atoms with Crippen molar-refractivity contribution >= 4 is 27.4 Å². The number of nitrogens with two attached hydrogens (primary N) is 1. The van der Waals surface area contributed by atoms with Gasteiger partial charge in [-0.05, 0) is 56.0 Å². The van der Waals surface area contributed by atoms with E-state index >= 15 is 0 Å². The Morgan fingerprint density at radius 3 is 2.88 bits per heavy atom. The lowest BCUT2D eigenvalue weighted by Crippen LogP contribution is -2.36. The third kappa shape index (κ3) is 4.27. The summed E-state index contributed by atoms with van der Waals surface area (Å²) in [4.78, 5) is 12.7. The molecule has 2 heterocycles. The maximum absolute atomic E-state index is 13.4. The number of para-hydroxylation sites is 1. The molecule has 0 radical (unpaired) electrons. The second-order valence-electron chi connectivity index (χ2n) is 7.94. The van der Waals surface area contributed by atoms with Crippen molar-refractivity contribution in [3.63, 3.8) is 0 Å². The number of nitrogen functional groups attached to an aromatic ring is 1. The SMILES string of the molecule is C[C@@H]1Cc2ccccc2N1S(=O)(=O)c1cccc(C(=O)NCCCc2[nH]nc(N)c2C#N)c1. The standard InChI is InChI=1S/C23H24N6O3S/c1-15-12-16-6-2-3-10-21(16)29(15)33(31,32)18-8-4-7-17(13-18)23(30)26-11-5-9-20-19(14-24)22(25)28-27-20/h2-4,6-8,10,13,15H,5,9,11-12H2,1H3,(H,26,30)(H3,25,27,28)/t15-/m1/s1. The average molecular weight is 465 g/mol. The molecule has 0 spiro atoms. The number of anilines is 2. The van der Waals surface area contributed by atoms with Gasteiger partial charge in [-0.1, -0.05) is 24.3 Å². The average Bonchev–Trinajstić information content (AvgIpc) is 3.34. The topological polar surface area (TPSA) is 145 Å². The van der Waals surface area contributed by atoms with Gasteiger partial charge >= 0.3 is 0 Å². The van der Waals surface area contributed by atoms with Gasteiger partial charge in [0, 0.05) is 18.2 Å². The fourth-order valence-electron chi connectivity index (χ4n) is 4.08. The summed E-state index contributed by atoms with van der Waals surface area (Å²) >= 11 is 0. The normalized spacial score (nSPS) is 15.2. The molecule has 4 rings (SSSR count). The first kappa shape index (κ1) is 22.4. The van der Waals surface area contributed by atoms with E-state index in [0.29, 0.717) is 42.8 Å². The smallest absolute Gasteiger partial charge is 0.264 e. The molecule has 33 heavy (non-hydrogen) atoms. The van der Waals surface area contributed by atoms with Crippen LogP contribution in [0.2, 0.25) is 0 Å². The predicted octanol–water partition coefficient (Wildman–Crippen LogP) is 2.37. The van der Waals surface area contributed by atoms with Gasteiger partial charge in [0.2, 0.25) is 0 Å². The predicted molar refractivity (Wildman–Crippen MR) is 124 cm³/mol. The van der Waals surface area contributed by atoms with Crippen LogP contribution in [0.1, 0.15) is 40.5 Å². The minimum atomic E-state index is -3.82. The quantitative estimate of drug-likeness (QED) is 0.458. The van der Waals surface area contributed by atoms with Crippen molar-refractivity contribution in [1.29, 1.82) is 5.26 Å². The first-order valence-corrected chi connectivity index (χ1v) is 12.0. The van der Waals surface area contributed by atoms with Crippen molar-refractivity contribution in [2.24, 2.45) is 0 Å². The molecule has 0 aliphatic carbocycles. The fraction of sp³-hybridized carbons (Fsp3) is 0.261. The molecule has 0 saturated heterocycles. The Balaban J connectivity index is 1.44. The number of carbonyl (C=O) groups is 1. The zero-order valence-corrected chi connectivity index (χ0v) is 18.9. The molecule has 1 aliphatic heterocycles. The molecule has 3 aromatic rings. The Morgan fingerprint density at radius 2 is 2.09 bits per heavy atom. The first-order valence-electron chi connectivity index (χ1n) is 10.6. The molecule has 2 aromatic carbocycles. The largest absolute Gasteiger partial charge is 0.381 e. The summed E-state index contributed by atoms with van der Waals surface area (Å²) in [6.45, 7) is 2.22. The van der Waals surface area contributed by atoms with Gasteiger partial charge in [-0.2, -0.15) is 10.4 Å². The van der Waals surface area contributed by atoms with Crippen LogP contribution in [0.25, 0.3) is 0 Å². The number of nitrogens with zero attached hydrogens (tertiary/aromatic N) is 3. The number of aryl methyl sites for hydroxylation is 1. The Hall–Kier alpha value is -3.84. The number of amides is 1. The molecular formula is C23H24N6O3S. The molecule has 0 saturated carbocycles. The maximum Gasteiger partial charge on any atom is 0.264 e. The number of nitrogens with one attached hydrogen (secondary N) is 2. The van der Waals surface area contributed by atoms with E-state index in [9.17, 15) is 13.2 Å². The number of benzene rings is 2. The summed E-state index contributed by atoms with van der Waals surface area (Å²) in [5.74, 6) is -0.212. The molecule has 0 fully saturated rings. The zero-order chi connectivity index (χ0) is 23.6. The van der Waals surface area contributed by atoms with E-state index in [1.165, 1.54) is 16.4 Å². The Bertz CT molecular complexity index is 1340. The number of aromatic amines is 1. The summed E-state index contributed by atoms with van der Waals surface area (Å²) < 4.78 is 28.3. The van der Waals surface area contributed by atoms with Crippen LogP contribution in [-0.4, -0.2) is 37.1 Å². The molecule has 1 aliphatic rings. The molecule has 10 heteroatoms. The number of fused-ring (bicyclic) bond motifs is 1. The van der Waals surface area contributed by atoms with E-state index in [4.69, 9.17) is 11.0 Å². The van der Waals surface area contributed by atoms with Gasteiger partial charge in [-0.25, -0.2) is 8.42 Å². The molecule has 1 atom stereocenters.